The van der Waals surface area contributed by atoms with Gasteiger partial charge in [-0.25, -0.2) is 15.8 Å². The Morgan fingerprint density at radius 3 is 1.67 bits per heavy atom. The summed E-state index contributed by atoms with van der Waals surface area (Å²) in [4.78, 5) is 55.6. The van der Waals surface area contributed by atoms with Crippen molar-refractivity contribution in [2.45, 2.75) is 180 Å². The molecule has 0 aliphatic heterocycles. The third kappa shape index (κ3) is 11.9. The number of nitrogens with one attached hydrogen (secondary N) is 3. The predicted octanol–water partition coefficient (Wildman–Crippen LogP) is 10.2. The van der Waals surface area contributed by atoms with Gasteiger partial charge in [0.1, 0.15) is 18.0 Å². The molecule has 4 fully saturated rings. The van der Waals surface area contributed by atoms with Gasteiger partial charge in [-0.05, 0) is 184 Å². The fourth-order valence-electron chi connectivity index (χ4n) is 15.1. The quantitative estimate of drug-likeness (QED) is 0.0374. The summed E-state index contributed by atoms with van der Waals surface area (Å²) in [5, 5.41) is 33.1. The molecule has 4 aromatic rings. The molecule has 0 spiro atoms. The van der Waals surface area contributed by atoms with Crippen LogP contribution in [-0.2, 0) is 45.1 Å². The number of carbonyl (C=O) groups is 4. The summed E-state index contributed by atoms with van der Waals surface area (Å²) in [6.45, 7) is 4.95. The van der Waals surface area contributed by atoms with Crippen LogP contribution in [0.5, 0.6) is 11.5 Å². The summed E-state index contributed by atoms with van der Waals surface area (Å²) >= 11 is 0. The minimum Gasteiger partial charge on any atom is -0.508 e. The standard InChI is InChI=1S/C62H78N8O6/c1-61-31-25-49-47-19-15-45(71)37-41(47)13-17-51(49)53(61)21-23-55(61)65-67-59(75)39-69-33-27-43(28-34-69)63-57(73)11-9-7-5-3-4-6-8-10-12-58(74)64-44-29-35-70(36-30-44)40-60(76)68-66-56-24-22-54-52-18-14-42-38-46(72)16-20-48(42)50(52)26-32-62(54,56)2/h15-16,19-20,27-30,33-38,49-54H,3-14,17-18,21-26,31-32,39-40H2,1-2H3,(H4,67,68,71,72,75,76)/p+1/b65-55-,66-56-/t49-,50-,51-,52-,53+,54+,61+,62+/m1/s1. The average molecular weight is 1030 g/mol. The highest BCUT2D eigenvalue weighted by molar-refractivity contribution is 5.94. The predicted molar refractivity (Wildman–Crippen MR) is 293 cm³/mol. The molecule has 402 valence electrons. The van der Waals surface area contributed by atoms with E-state index in [2.05, 4.69) is 47.1 Å². The Hall–Kier alpha value is -6.44. The molecular formula is C62H79N8O6+. The molecule has 6 aliphatic rings. The molecule has 4 amide bonds. The molecule has 8 atom stereocenters. The van der Waals surface area contributed by atoms with Crippen molar-refractivity contribution in [3.63, 3.8) is 0 Å². The van der Waals surface area contributed by atoms with Gasteiger partial charge in [0, 0.05) is 59.6 Å². The molecule has 14 heteroatoms. The van der Waals surface area contributed by atoms with E-state index in [1.807, 2.05) is 36.4 Å². The van der Waals surface area contributed by atoms with Crippen molar-refractivity contribution >= 4 is 40.7 Å². The van der Waals surface area contributed by atoms with Crippen LogP contribution >= 0.6 is 0 Å². The van der Waals surface area contributed by atoms with E-state index in [1.165, 1.54) is 22.3 Å². The van der Waals surface area contributed by atoms with Crippen LogP contribution in [0.1, 0.15) is 176 Å². The van der Waals surface area contributed by atoms with Gasteiger partial charge in [0.2, 0.25) is 18.4 Å². The van der Waals surface area contributed by atoms with Crippen LogP contribution in [-0.4, -0.2) is 49.8 Å². The number of aromatic hydroxyl groups is 2. The lowest BCUT2D eigenvalue weighted by atomic mass is 9.55. The third-order valence-electron chi connectivity index (χ3n) is 19.0. The number of hydrazone groups is 2. The van der Waals surface area contributed by atoms with Gasteiger partial charge in [0.25, 0.3) is 5.91 Å². The minimum absolute atomic E-state index is 0.00348. The van der Waals surface area contributed by atoms with E-state index in [1.54, 1.807) is 46.1 Å². The zero-order valence-corrected chi connectivity index (χ0v) is 44.8. The van der Waals surface area contributed by atoms with E-state index < -0.39 is 0 Å². The molecule has 0 unspecified atom stereocenters. The Balaban J connectivity index is 0.555. The summed E-state index contributed by atoms with van der Waals surface area (Å²) in [6, 6.07) is 19.0. The number of pyridine rings is 2. The maximum absolute atomic E-state index is 13.0. The molecule has 14 nitrogen and oxygen atoms in total. The molecule has 2 aromatic heterocycles. The highest BCUT2D eigenvalue weighted by atomic mass is 16.3. The van der Waals surface area contributed by atoms with Gasteiger partial charge >= 0.3 is 5.91 Å². The summed E-state index contributed by atoms with van der Waals surface area (Å²) < 4.78 is 3.57. The Kier molecular flexibility index (Phi) is 16.3. The molecule has 6 aliphatic carbocycles. The largest absolute Gasteiger partial charge is 0.508 e. The second-order valence-electron chi connectivity index (χ2n) is 23.6. The first kappa shape index (κ1) is 53.0. The first-order valence-corrected chi connectivity index (χ1v) is 28.7. The molecule has 76 heavy (non-hydrogen) atoms. The van der Waals surface area contributed by atoms with E-state index in [0.717, 1.165) is 140 Å². The zero-order chi connectivity index (χ0) is 52.8. The number of hydrogen-bond donors (Lipinski definition) is 5. The molecule has 0 radical (unpaired) electrons. The molecule has 10 rings (SSSR count). The first-order valence-electron chi connectivity index (χ1n) is 28.7. The number of anilines is 1. The van der Waals surface area contributed by atoms with Crippen LogP contribution in [0.25, 0.3) is 0 Å². The number of benzene rings is 2. The molecule has 2 aromatic carbocycles. The maximum atomic E-state index is 13.0. The highest BCUT2D eigenvalue weighted by Crippen LogP contribution is 2.61. The lowest BCUT2D eigenvalue weighted by Crippen LogP contribution is -2.44. The van der Waals surface area contributed by atoms with Gasteiger partial charge < -0.3 is 20.1 Å². The van der Waals surface area contributed by atoms with Gasteiger partial charge in [-0.3, -0.25) is 19.2 Å². The topological polar surface area (TPSA) is 191 Å². The minimum atomic E-state index is -0.181. The van der Waals surface area contributed by atoms with Gasteiger partial charge in [-0.1, -0.05) is 64.5 Å². The molecular weight excluding hydrogens is 953 g/mol. The maximum Gasteiger partial charge on any atom is 0.305 e. The summed E-state index contributed by atoms with van der Waals surface area (Å²) in [5.74, 6) is 3.57. The van der Waals surface area contributed by atoms with Crippen molar-refractivity contribution in [1.29, 1.82) is 0 Å². The van der Waals surface area contributed by atoms with Crippen LogP contribution in [0.2, 0.25) is 0 Å². The fourth-order valence-corrected chi connectivity index (χ4v) is 15.1. The molecule has 0 saturated heterocycles. The Morgan fingerprint density at radius 2 is 1.12 bits per heavy atom. The number of hydrogen-bond acceptors (Lipinski definition) is 8. The lowest BCUT2D eigenvalue weighted by Gasteiger charge is -2.49. The van der Waals surface area contributed by atoms with Crippen molar-refractivity contribution in [2.75, 3.05) is 5.32 Å². The number of fused-ring (bicyclic) bond motifs is 10. The average Bonchev–Trinajstić information content (AvgIpc) is 3.97. The monoisotopic (exact) mass is 1030 g/mol. The number of carbonyl (C=O) groups excluding carboxylic acids is 4. The Bertz CT molecular complexity index is 2910. The van der Waals surface area contributed by atoms with E-state index in [9.17, 15) is 29.4 Å². The van der Waals surface area contributed by atoms with Crippen LogP contribution < -0.4 is 26.1 Å². The molecule has 0 bridgehead atoms. The SMILES string of the molecule is C[C@]12CC[C@@H]3c4ccc(O)cc4CC[C@H]3[C@@H]1CC/C2=N/NC(=O)Cn1ccc(=NC(=O)CCCCCCCCCCC(=O)Nc2cc[n+](CC(=O)N/N=C3/CC[C@H]4[C@@H]5CCc6cc(O)ccc6[C@H]5CC[C@]34C)cc2)cc1. The molecule has 5 N–H and O–H groups in total. The number of rotatable bonds is 18. The second-order valence-corrected chi connectivity index (χ2v) is 23.6. The van der Waals surface area contributed by atoms with Crippen molar-refractivity contribution in [3.05, 3.63) is 113 Å². The molecule has 2 heterocycles. The van der Waals surface area contributed by atoms with E-state index in [-0.39, 0.29) is 47.5 Å². The normalized spacial score (nSPS) is 27.0. The number of aromatic nitrogens is 2. The zero-order valence-electron chi connectivity index (χ0n) is 44.8. The fraction of sp³-hybridized carbons (Fsp3) is 0.548. The van der Waals surface area contributed by atoms with Gasteiger partial charge in [-0.2, -0.15) is 14.8 Å². The van der Waals surface area contributed by atoms with Crippen LogP contribution in [0.15, 0.2) is 101 Å². The lowest BCUT2D eigenvalue weighted by molar-refractivity contribution is -0.684. The van der Waals surface area contributed by atoms with E-state index in [0.29, 0.717) is 70.9 Å². The van der Waals surface area contributed by atoms with Crippen LogP contribution in [0.4, 0.5) is 5.69 Å². The van der Waals surface area contributed by atoms with Gasteiger partial charge in [-0.15, -0.1) is 0 Å². The Labute approximate surface area is 448 Å². The van der Waals surface area contributed by atoms with Crippen molar-refractivity contribution in [1.82, 2.24) is 15.4 Å². The number of nitrogens with zero attached hydrogens (tertiary/aromatic N) is 5. The number of phenolic OH excluding ortho intramolecular Hbond substituents is 2. The number of amides is 4. The van der Waals surface area contributed by atoms with Crippen LogP contribution in [0, 0.1) is 34.5 Å². The molecule has 4 saturated carbocycles. The van der Waals surface area contributed by atoms with Crippen molar-refractivity contribution in [2.24, 2.45) is 49.7 Å². The summed E-state index contributed by atoms with van der Waals surface area (Å²) in [7, 11) is 0. The van der Waals surface area contributed by atoms with Crippen LogP contribution in [0.3, 0.4) is 0 Å². The van der Waals surface area contributed by atoms with Crippen molar-refractivity contribution < 1.29 is 34.0 Å². The number of aryl methyl sites for hydroxylation is 2. The van der Waals surface area contributed by atoms with Crippen molar-refractivity contribution in [3.8, 4) is 11.5 Å². The first-order chi connectivity index (χ1) is 36.8. The van der Waals surface area contributed by atoms with Gasteiger partial charge in [0.05, 0.1) is 11.0 Å². The smallest absolute Gasteiger partial charge is 0.305 e. The number of phenols is 2. The van der Waals surface area contributed by atoms with E-state index in [4.69, 9.17) is 10.2 Å². The third-order valence-corrected chi connectivity index (χ3v) is 19.0. The van der Waals surface area contributed by atoms with Gasteiger partial charge in [0.15, 0.2) is 12.4 Å². The Morgan fingerprint density at radius 1 is 0.605 bits per heavy atom. The summed E-state index contributed by atoms with van der Waals surface area (Å²) in [6.07, 6.45) is 28.5. The number of unbranched alkanes of at least 4 members (excludes halogenated alkanes) is 7. The van der Waals surface area contributed by atoms with E-state index >= 15 is 0 Å². The summed E-state index contributed by atoms with van der Waals surface area (Å²) in [5.41, 5.74) is 14.1. The highest BCUT2D eigenvalue weighted by Gasteiger charge is 2.55. The second kappa shape index (κ2) is 23.4.